The Labute approximate surface area is 113 Å². The molecule has 0 fully saturated rings. The zero-order valence-electron chi connectivity index (χ0n) is 11.3. The van der Waals surface area contributed by atoms with E-state index in [-0.39, 0.29) is 16.6 Å². The van der Waals surface area contributed by atoms with Gasteiger partial charge in [0.1, 0.15) is 5.65 Å². The van der Waals surface area contributed by atoms with Crippen molar-refractivity contribution in [2.45, 2.75) is 33.2 Å². The number of carbonyl (C=O) groups is 1. The third-order valence-electron chi connectivity index (χ3n) is 3.16. The molecule has 0 saturated carbocycles. The Morgan fingerprint density at radius 3 is 2.65 bits per heavy atom. The number of hydrogen-bond acceptors (Lipinski definition) is 4. The predicted octanol–water partition coefficient (Wildman–Crippen LogP) is 0.755. The van der Waals surface area contributed by atoms with Crippen molar-refractivity contribution >= 4 is 17.0 Å². The van der Waals surface area contributed by atoms with Crippen LogP contribution in [0.5, 0.6) is 0 Å². The fourth-order valence-corrected chi connectivity index (χ4v) is 2.29. The molecule has 0 unspecified atom stereocenters. The van der Waals surface area contributed by atoms with Gasteiger partial charge in [-0.05, 0) is 18.9 Å². The number of H-pyrrole nitrogens is 1. The Hall–Kier alpha value is -2.44. The Bertz CT molecular complexity index is 789. The lowest BCUT2D eigenvalue weighted by Crippen LogP contribution is -2.31. The minimum absolute atomic E-state index is 0.00570. The van der Waals surface area contributed by atoms with E-state index in [0.29, 0.717) is 24.9 Å². The average molecular weight is 277 g/mol. The van der Waals surface area contributed by atoms with Crippen LogP contribution in [0.4, 0.5) is 0 Å². The van der Waals surface area contributed by atoms with Crippen LogP contribution in [-0.4, -0.2) is 25.6 Å². The first-order chi connectivity index (χ1) is 9.51. The molecule has 0 aliphatic heterocycles. The fourth-order valence-electron chi connectivity index (χ4n) is 2.29. The summed E-state index contributed by atoms with van der Waals surface area (Å²) in [6.45, 7) is 3.99. The summed E-state index contributed by atoms with van der Waals surface area (Å²) < 4.78 is 1.32. The number of aryl methyl sites for hydroxylation is 2. The number of aromatic carboxylic acids is 1. The van der Waals surface area contributed by atoms with Crippen molar-refractivity contribution in [1.29, 1.82) is 0 Å². The number of aromatic nitrogens is 3. The summed E-state index contributed by atoms with van der Waals surface area (Å²) in [6, 6.07) is 0. The number of fused-ring (bicyclic) bond motifs is 1. The lowest BCUT2D eigenvalue weighted by Gasteiger charge is -2.11. The monoisotopic (exact) mass is 277 g/mol. The van der Waals surface area contributed by atoms with E-state index >= 15 is 0 Å². The highest BCUT2D eigenvalue weighted by atomic mass is 16.4. The molecule has 0 atom stereocenters. The zero-order valence-corrected chi connectivity index (χ0v) is 11.3. The third kappa shape index (κ3) is 2.11. The van der Waals surface area contributed by atoms with Crippen molar-refractivity contribution in [1.82, 2.24) is 14.5 Å². The highest BCUT2D eigenvalue weighted by Crippen LogP contribution is 2.18. The van der Waals surface area contributed by atoms with Gasteiger partial charge < -0.3 is 5.11 Å². The minimum atomic E-state index is -1.13. The number of nitrogens with zero attached hydrogens (tertiary/aromatic N) is 2. The summed E-state index contributed by atoms with van der Waals surface area (Å²) in [5.41, 5.74) is -0.467. The standard InChI is InChI=1S/C13H15N3O4/c1-3-5-7-8(12(18)19)6-14-10-9(7)11(17)15-13(20)16(10)4-2/h6H,3-5H2,1-2H3,(H,18,19)(H,15,17,20). The molecule has 0 aliphatic rings. The molecule has 0 aliphatic carbocycles. The number of pyridine rings is 1. The van der Waals surface area contributed by atoms with E-state index in [2.05, 4.69) is 9.97 Å². The minimum Gasteiger partial charge on any atom is -0.478 e. The van der Waals surface area contributed by atoms with Crippen LogP contribution in [0, 0.1) is 0 Å². The van der Waals surface area contributed by atoms with Gasteiger partial charge in [-0.1, -0.05) is 13.3 Å². The maximum absolute atomic E-state index is 12.0. The fraction of sp³-hybridized carbons (Fsp3) is 0.385. The van der Waals surface area contributed by atoms with Crippen molar-refractivity contribution in [3.05, 3.63) is 38.2 Å². The first-order valence-corrected chi connectivity index (χ1v) is 6.39. The van der Waals surface area contributed by atoms with Crippen LogP contribution in [0.3, 0.4) is 0 Å². The van der Waals surface area contributed by atoms with Crippen molar-refractivity contribution < 1.29 is 9.90 Å². The van der Waals surface area contributed by atoms with Gasteiger partial charge in [0.05, 0.1) is 10.9 Å². The second kappa shape index (κ2) is 5.28. The van der Waals surface area contributed by atoms with E-state index in [1.54, 1.807) is 6.92 Å². The van der Waals surface area contributed by atoms with Crippen LogP contribution < -0.4 is 11.2 Å². The van der Waals surface area contributed by atoms with Gasteiger partial charge in [0.25, 0.3) is 5.56 Å². The average Bonchev–Trinajstić information content (AvgIpc) is 2.38. The predicted molar refractivity (Wildman–Crippen MR) is 73.3 cm³/mol. The SMILES string of the molecule is CCCc1c(C(=O)O)cnc2c1c(=O)[nH]c(=O)n2CC. The van der Waals surface area contributed by atoms with E-state index in [9.17, 15) is 19.5 Å². The summed E-state index contributed by atoms with van der Waals surface area (Å²) >= 11 is 0. The van der Waals surface area contributed by atoms with Crippen LogP contribution in [0.25, 0.3) is 11.0 Å². The molecule has 7 heteroatoms. The molecule has 0 bridgehead atoms. The topological polar surface area (TPSA) is 105 Å². The smallest absolute Gasteiger partial charge is 0.337 e. The molecular weight excluding hydrogens is 262 g/mol. The number of carboxylic acids is 1. The number of carboxylic acid groups (broad SMARTS) is 1. The summed E-state index contributed by atoms with van der Waals surface area (Å²) in [4.78, 5) is 41.2. The van der Waals surface area contributed by atoms with E-state index in [0.717, 1.165) is 0 Å². The van der Waals surface area contributed by atoms with Crippen molar-refractivity contribution in [2.24, 2.45) is 0 Å². The van der Waals surface area contributed by atoms with Crippen LogP contribution in [0.15, 0.2) is 15.8 Å². The van der Waals surface area contributed by atoms with E-state index < -0.39 is 17.2 Å². The van der Waals surface area contributed by atoms with Gasteiger partial charge in [-0.3, -0.25) is 14.3 Å². The van der Waals surface area contributed by atoms with Crippen LogP contribution in [0.1, 0.15) is 36.2 Å². The molecule has 2 N–H and O–H groups in total. The van der Waals surface area contributed by atoms with Gasteiger partial charge in [-0.2, -0.15) is 0 Å². The molecule has 20 heavy (non-hydrogen) atoms. The van der Waals surface area contributed by atoms with Crippen LogP contribution in [-0.2, 0) is 13.0 Å². The third-order valence-corrected chi connectivity index (χ3v) is 3.16. The Balaban J connectivity index is 3.01. The molecule has 2 aromatic heterocycles. The number of rotatable bonds is 4. The second-order valence-corrected chi connectivity index (χ2v) is 4.41. The van der Waals surface area contributed by atoms with Crippen LogP contribution in [0.2, 0.25) is 0 Å². The van der Waals surface area contributed by atoms with Gasteiger partial charge >= 0.3 is 11.7 Å². The van der Waals surface area contributed by atoms with Gasteiger partial charge in [0.15, 0.2) is 0 Å². The maximum atomic E-state index is 12.0. The number of aromatic amines is 1. The van der Waals surface area contributed by atoms with Crippen molar-refractivity contribution in [2.75, 3.05) is 0 Å². The molecule has 106 valence electrons. The molecule has 2 aromatic rings. The van der Waals surface area contributed by atoms with E-state index in [4.69, 9.17) is 0 Å². The second-order valence-electron chi connectivity index (χ2n) is 4.41. The summed E-state index contributed by atoms with van der Waals surface area (Å²) in [7, 11) is 0. The molecule has 0 radical (unpaired) electrons. The Morgan fingerprint density at radius 1 is 1.40 bits per heavy atom. The van der Waals surface area contributed by atoms with Gasteiger partial charge in [-0.15, -0.1) is 0 Å². The van der Waals surface area contributed by atoms with Crippen LogP contribution >= 0.6 is 0 Å². The highest BCUT2D eigenvalue weighted by Gasteiger charge is 2.18. The maximum Gasteiger partial charge on any atom is 0.337 e. The zero-order chi connectivity index (χ0) is 14.9. The largest absolute Gasteiger partial charge is 0.478 e. The van der Waals surface area contributed by atoms with Crippen molar-refractivity contribution in [3.63, 3.8) is 0 Å². The molecule has 0 amide bonds. The highest BCUT2D eigenvalue weighted by molar-refractivity contribution is 5.94. The summed E-state index contributed by atoms with van der Waals surface area (Å²) in [6.07, 6.45) is 2.33. The first kappa shape index (κ1) is 14.0. The lowest BCUT2D eigenvalue weighted by molar-refractivity contribution is 0.0695. The molecule has 0 saturated heterocycles. The molecule has 2 rings (SSSR count). The van der Waals surface area contributed by atoms with Gasteiger partial charge in [-0.25, -0.2) is 14.6 Å². The first-order valence-electron chi connectivity index (χ1n) is 6.39. The molecule has 7 nitrogen and oxygen atoms in total. The number of hydrogen-bond donors (Lipinski definition) is 2. The van der Waals surface area contributed by atoms with E-state index in [1.807, 2.05) is 6.92 Å². The molecule has 0 spiro atoms. The van der Waals surface area contributed by atoms with Gasteiger partial charge in [0, 0.05) is 12.7 Å². The Kier molecular flexibility index (Phi) is 3.69. The number of nitrogens with one attached hydrogen (secondary N) is 1. The Morgan fingerprint density at radius 2 is 2.10 bits per heavy atom. The van der Waals surface area contributed by atoms with Gasteiger partial charge in [0.2, 0.25) is 0 Å². The molecule has 0 aromatic carbocycles. The lowest BCUT2D eigenvalue weighted by atomic mass is 10.0. The molecular formula is C13H15N3O4. The van der Waals surface area contributed by atoms with Crippen molar-refractivity contribution in [3.8, 4) is 0 Å². The van der Waals surface area contributed by atoms with E-state index in [1.165, 1.54) is 10.8 Å². The normalized spacial score (nSPS) is 10.9. The summed E-state index contributed by atoms with van der Waals surface area (Å²) in [5, 5.41) is 9.39. The summed E-state index contributed by atoms with van der Waals surface area (Å²) in [5.74, 6) is -1.13. The quantitative estimate of drug-likeness (QED) is 0.858. The molecule has 2 heterocycles.